The molecule has 4 N–H and O–H groups in total. The van der Waals surface area contributed by atoms with E-state index in [1.807, 2.05) is 6.07 Å². The molecule has 3 rings (SSSR count). The average Bonchev–Trinajstić information content (AvgIpc) is 3.17. The Balaban J connectivity index is 1.75. The second-order valence-electron chi connectivity index (χ2n) is 6.53. The fraction of sp³-hybridized carbons (Fsp3) is 0.143. The van der Waals surface area contributed by atoms with Gasteiger partial charge in [-0.2, -0.15) is 16.6 Å². The number of amides is 2. The van der Waals surface area contributed by atoms with E-state index >= 15 is 0 Å². The van der Waals surface area contributed by atoms with Gasteiger partial charge in [-0.25, -0.2) is 4.85 Å². The lowest BCUT2D eigenvalue weighted by molar-refractivity contribution is -0.124. The summed E-state index contributed by atoms with van der Waals surface area (Å²) in [5.74, 6) is -1.25. The monoisotopic (exact) mass is 453 g/mol. The van der Waals surface area contributed by atoms with Crippen LogP contribution in [0.2, 0.25) is 5.02 Å². The van der Waals surface area contributed by atoms with E-state index in [2.05, 4.69) is 21.0 Å². The fourth-order valence-corrected chi connectivity index (χ4v) is 4.14. The minimum atomic E-state index is -1.11. The summed E-state index contributed by atoms with van der Waals surface area (Å²) < 4.78 is 0.670. The summed E-state index contributed by atoms with van der Waals surface area (Å²) >= 11 is 7.58. The molecule has 156 valence electrons. The predicted octanol–water partition coefficient (Wildman–Crippen LogP) is 3.60. The summed E-state index contributed by atoms with van der Waals surface area (Å²) in [6.07, 6.45) is -1.11. The van der Waals surface area contributed by atoms with Crippen LogP contribution in [0.3, 0.4) is 0 Å². The Morgan fingerprint density at radius 3 is 2.55 bits per heavy atom. The van der Waals surface area contributed by atoms with E-state index in [4.69, 9.17) is 23.4 Å². The third-order valence-electron chi connectivity index (χ3n) is 4.43. The van der Waals surface area contributed by atoms with Crippen molar-refractivity contribution in [2.75, 3.05) is 5.32 Å². The largest absolute Gasteiger partial charge is 0.391 e. The van der Waals surface area contributed by atoms with Gasteiger partial charge in [-0.05, 0) is 37.3 Å². The van der Waals surface area contributed by atoms with Gasteiger partial charge in [-0.1, -0.05) is 17.7 Å². The number of hydrazine groups is 1. The fourth-order valence-electron chi connectivity index (χ4n) is 2.84. The number of hydrogen-bond acceptors (Lipinski definition) is 6. The number of anilines is 1. The van der Waals surface area contributed by atoms with Crippen molar-refractivity contribution in [3.05, 3.63) is 69.3 Å². The van der Waals surface area contributed by atoms with Crippen LogP contribution in [0.25, 0.3) is 14.9 Å². The van der Waals surface area contributed by atoms with E-state index in [0.717, 1.165) is 0 Å². The summed E-state index contributed by atoms with van der Waals surface area (Å²) in [5.41, 5.74) is 6.14. The molecule has 2 amide bonds. The van der Waals surface area contributed by atoms with Crippen molar-refractivity contribution in [1.29, 1.82) is 5.26 Å². The van der Waals surface area contributed by atoms with Crippen molar-refractivity contribution >= 4 is 56.2 Å². The SMILES string of the molecule is [C-]#[N+]c1ccc(N[C@@H](C(=O)NNC(=O)c2ccc(C#N)cc2)[C@H](C)O)c2c(Cl)csc12. The van der Waals surface area contributed by atoms with Crippen LogP contribution in [0.1, 0.15) is 22.8 Å². The highest BCUT2D eigenvalue weighted by molar-refractivity contribution is 7.18. The minimum absolute atomic E-state index is 0.252. The summed E-state index contributed by atoms with van der Waals surface area (Å²) in [7, 11) is 0. The lowest BCUT2D eigenvalue weighted by Crippen LogP contribution is -2.52. The maximum absolute atomic E-state index is 12.6. The van der Waals surface area contributed by atoms with Gasteiger partial charge in [0.1, 0.15) is 6.04 Å². The molecule has 0 aliphatic rings. The number of halogens is 1. The van der Waals surface area contributed by atoms with Gasteiger partial charge in [0.05, 0.1) is 29.3 Å². The molecule has 0 spiro atoms. The maximum Gasteiger partial charge on any atom is 0.269 e. The van der Waals surface area contributed by atoms with E-state index in [1.165, 1.54) is 42.5 Å². The van der Waals surface area contributed by atoms with E-state index in [9.17, 15) is 14.7 Å². The highest BCUT2D eigenvalue weighted by atomic mass is 35.5. The molecule has 0 unspecified atom stereocenters. The van der Waals surface area contributed by atoms with Crippen molar-refractivity contribution in [1.82, 2.24) is 10.9 Å². The highest BCUT2D eigenvalue weighted by Crippen LogP contribution is 2.41. The van der Waals surface area contributed by atoms with Crippen molar-refractivity contribution in [3.8, 4) is 6.07 Å². The number of aliphatic hydroxyl groups excluding tert-OH is 1. The summed E-state index contributed by atoms with van der Waals surface area (Å²) in [4.78, 5) is 28.3. The molecule has 8 nitrogen and oxygen atoms in total. The summed E-state index contributed by atoms with van der Waals surface area (Å²) in [6.45, 7) is 8.71. The summed E-state index contributed by atoms with van der Waals surface area (Å²) in [5, 5.41) is 24.6. The Morgan fingerprint density at radius 2 is 1.94 bits per heavy atom. The highest BCUT2D eigenvalue weighted by Gasteiger charge is 2.25. The molecule has 3 aromatic rings. The molecule has 0 saturated heterocycles. The molecule has 0 aliphatic carbocycles. The zero-order valence-electron chi connectivity index (χ0n) is 16.1. The lowest BCUT2D eigenvalue weighted by atomic mass is 10.1. The first-order valence-corrected chi connectivity index (χ1v) is 10.2. The molecule has 0 saturated carbocycles. The van der Waals surface area contributed by atoms with Crippen molar-refractivity contribution in [2.45, 2.75) is 19.1 Å². The van der Waals surface area contributed by atoms with Crippen LogP contribution in [-0.4, -0.2) is 29.1 Å². The Hall–Kier alpha value is -3.63. The molecule has 2 atom stereocenters. The first-order chi connectivity index (χ1) is 14.8. The molecular weight excluding hydrogens is 438 g/mol. The Bertz CT molecular complexity index is 1220. The van der Waals surface area contributed by atoms with Crippen molar-refractivity contribution < 1.29 is 14.7 Å². The number of thiophene rings is 1. The van der Waals surface area contributed by atoms with Gasteiger partial charge in [0, 0.05) is 26.7 Å². The number of nitriles is 1. The van der Waals surface area contributed by atoms with E-state index < -0.39 is 24.0 Å². The van der Waals surface area contributed by atoms with Crippen LogP contribution < -0.4 is 16.2 Å². The zero-order chi connectivity index (χ0) is 22.5. The Morgan fingerprint density at radius 1 is 1.23 bits per heavy atom. The van der Waals surface area contributed by atoms with E-state index in [1.54, 1.807) is 17.5 Å². The van der Waals surface area contributed by atoms with Crippen LogP contribution in [0.15, 0.2) is 41.8 Å². The summed E-state index contributed by atoms with van der Waals surface area (Å²) in [6, 6.07) is 9.95. The molecule has 0 radical (unpaired) electrons. The molecule has 0 aliphatic heterocycles. The van der Waals surface area contributed by atoms with Gasteiger partial charge in [0.25, 0.3) is 11.8 Å². The van der Waals surface area contributed by atoms with Crippen LogP contribution in [0.4, 0.5) is 11.4 Å². The number of fused-ring (bicyclic) bond motifs is 1. The zero-order valence-corrected chi connectivity index (χ0v) is 17.7. The van der Waals surface area contributed by atoms with Crippen LogP contribution in [-0.2, 0) is 4.79 Å². The van der Waals surface area contributed by atoms with Gasteiger partial charge in [-0.3, -0.25) is 20.4 Å². The van der Waals surface area contributed by atoms with E-state index in [-0.39, 0.29) is 5.56 Å². The molecular formula is C21H16ClN5O3S. The van der Waals surface area contributed by atoms with Crippen molar-refractivity contribution in [2.24, 2.45) is 0 Å². The predicted molar refractivity (Wildman–Crippen MR) is 119 cm³/mol. The van der Waals surface area contributed by atoms with Gasteiger partial charge in [-0.15, -0.1) is 0 Å². The van der Waals surface area contributed by atoms with Crippen LogP contribution in [0, 0.1) is 17.9 Å². The van der Waals surface area contributed by atoms with Gasteiger partial charge in [0.2, 0.25) is 5.69 Å². The topological polar surface area (TPSA) is 119 Å². The van der Waals surface area contributed by atoms with Crippen molar-refractivity contribution in [3.63, 3.8) is 0 Å². The molecule has 31 heavy (non-hydrogen) atoms. The molecule has 1 heterocycles. The van der Waals surface area contributed by atoms with Gasteiger partial charge in [0.15, 0.2) is 0 Å². The first-order valence-electron chi connectivity index (χ1n) is 8.97. The second-order valence-corrected chi connectivity index (χ2v) is 7.81. The number of nitrogens with zero attached hydrogens (tertiary/aromatic N) is 2. The second kappa shape index (κ2) is 9.45. The molecule has 1 aromatic heterocycles. The maximum atomic E-state index is 12.6. The normalized spacial score (nSPS) is 12.3. The Kier molecular flexibility index (Phi) is 6.73. The average molecular weight is 454 g/mol. The standard InChI is InChI=1S/C21H16ClN5O3S/c1-11(28)18(21(30)27-26-20(29)13-5-3-12(9-23)4-6-13)25-15-7-8-16(24-2)19-17(15)14(22)10-31-19/h3-8,10-11,18,25,28H,1H3,(H,26,29)(H,27,30)/t11-,18+/m0/s1. The number of nitrogens with one attached hydrogen (secondary N) is 3. The third-order valence-corrected chi connectivity index (χ3v) is 5.86. The molecule has 10 heteroatoms. The number of rotatable bonds is 5. The molecule has 2 aromatic carbocycles. The van der Waals surface area contributed by atoms with E-state index in [0.29, 0.717) is 32.0 Å². The minimum Gasteiger partial charge on any atom is -0.391 e. The molecule has 0 fully saturated rings. The number of carbonyl (C=O) groups excluding carboxylic acids is 2. The van der Waals surface area contributed by atoms with Gasteiger partial charge < -0.3 is 10.4 Å². The quantitative estimate of drug-likeness (QED) is 0.347. The number of benzene rings is 2. The molecule has 0 bridgehead atoms. The van der Waals surface area contributed by atoms with Crippen LogP contribution >= 0.6 is 22.9 Å². The Labute approximate surface area is 186 Å². The number of hydrogen-bond donors (Lipinski definition) is 4. The number of carbonyl (C=O) groups is 2. The third kappa shape index (κ3) is 4.76. The van der Waals surface area contributed by atoms with Crippen LogP contribution in [0.5, 0.6) is 0 Å². The smallest absolute Gasteiger partial charge is 0.269 e. The lowest BCUT2D eigenvalue weighted by Gasteiger charge is -2.23. The number of aliphatic hydroxyl groups is 1. The van der Waals surface area contributed by atoms with Gasteiger partial charge >= 0.3 is 0 Å². The first kappa shape index (κ1) is 22.1.